The Kier molecular flexibility index (Phi) is 3.30. The molecule has 2 aromatic rings. The lowest BCUT2D eigenvalue weighted by molar-refractivity contribution is -0.113. The molecule has 3 rings (SSSR count). The number of hydrogen-bond donors (Lipinski definition) is 3. The molecular weight excluding hydrogens is 299 g/mol. The number of hydrogen-bond acceptors (Lipinski definition) is 8. The van der Waals surface area contributed by atoms with Crippen LogP contribution in [0.2, 0.25) is 0 Å². The number of alkyl halides is 1. The predicted octanol–water partition coefficient (Wildman–Crippen LogP) is -0.365. The minimum absolute atomic E-state index is 0.108. The summed E-state index contributed by atoms with van der Waals surface area (Å²) < 4.78 is 20.8. The van der Waals surface area contributed by atoms with Crippen molar-refractivity contribution in [2.75, 3.05) is 12.3 Å². The van der Waals surface area contributed by atoms with Crippen LogP contribution in [0.15, 0.2) is 17.8 Å². The number of rotatable bonds is 3. The number of aliphatic hydroxyl groups excluding tert-OH is 2. The third-order valence-electron chi connectivity index (χ3n) is 3.45. The van der Waals surface area contributed by atoms with Gasteiger partial charge in [-0.05, 0) is 5.53 Å². The van der Waals surface area contributed by atoms with Crippen LogP contribution in [0.5, 0.6) is 0 Å². The van der Waals surface area contributed by atoms with Crippen LogP contribution < -0.4 is 5.73 Å². The van der Waals surface area contributed by atoms with Gasteiger partial charge in [-0.3, -0.25) is 4.57 Å². The summed E-state index contributed by atoms with van der Waals surface area (Å²) in [5.41, 5.74) is 12.4. The molecule has 12 heteroatoms. The van der Waals surface area contributed by atoms with E-state index >= 15 is 0 Å². The van der Waals surface area contributed by atoms with Gasteiger partial charge in [0.15, 0.2) is 23.9 Å². The lowest BCUT2D eigenvalue weighted by Gasteiger charge is -2.22. The van der Waals surface area contributed by atoms with E-state index < -0.39 is 30.8 Å². The van der Waals surface area contributed by atoms with Gasteiger partial charge in [0.25, 0.3) is 0 Å². The number of halogens is 1. The Balaban J connectivity index is 2.08. The second-order valence-corrected chi connectivity index (χ2v) is 4.68. The number of nitrogens with two attached hydrogens (primary N) is 1. The maximum Gasteiger partial charge on any atom is 0.206 e. The van der Waals surface area contributed by atoms with Crippen LogP contribution >= 0.6 is 0 Å². The Morgan fingerprint density at radius 1 is 1.55 bits per heavy atom. The third kappa shape index (κ3) is 1.86. The van der Waals surface area contributed by atoms with E-state index in [4.69, 9.17) is 16.0 Å². The molecule has 4 N–H and O–H groups in total. The van der Waals surface area contributed by atoms with Gasteiger partial charge in [-0.25, -0.2) is 19.3 Å². The lowest BCUT2D eigenvalue weighted by atomic mass is 10.1. The number of ether oxygens (including phenoxy) is 1. The van der Waals surface area contributed by atoms with Gasteiger partial charge < -0.3 is 20.7 Å². The highest BCUT2D eigenvalue weighted by molar-refractivity contribution is 5.81. The van der Waals surface area contributed by atoms with Crippen LogP contribution in [-0.2, 0) is 4.74 Å². The van der Waals surface area contributed by atoms with Crippen molar-refractivity contribution in [1.82, 2.24) is 19.5 Å². The van der Waals surface area contributed by atoms with Crippen molar-refractivity contribution < 1.29 is 19.3 Å². The van der Waals surface area contributed by atoms with Gasteiger partial charge in [-0.1, -0.05) is 5.11 Å². The summed E-state index contributed by atoms with van der Waals surface area (Å²) in [4.78, 5) is 14.1. The topological polar surface area (TPSA) is 168 Å². The molecule has 22 heavy (non-hydrogen) atoms. The van der Waals surface area contributed by atoms with E-state index in [9.17, 15) is 14.6 Å². The molecule has 4 atom stereocenters. The van der Waals surface area contributed by atoms with Crippen molar-refractivity contribution in [3.8, 4) is 0 Å². The van der Waals surface area contributed by atoms with Gasteiger partial charge in [0.05, 0.1) is 12.9 Å². The molecule has 0 spiro atoms. The summed E-state index contributed by atoms with van der Waals surface area (Å²) in [6.45, 7) is -0.935. The number of aromatic nitrogens is 4. The molecule has 0 saturated carbocycles. The number of anilines is 1. The first-order valence-electron chi connectivity index (χ1n) is 6.14. The maximum absolute atomic E-state index is 14.3. The first kappa shape index (κ1) is 14.4. The van der Waals surface area contributed by atoms with Crippen molar-refractivity contribution in [2.24, 2.45) is 5.11 Å². The van der Waals surface area contributed by atoms with Crippen LogP contribution in [-0.4, -0.2) is 54.3 Å². The zero-order chi connectivity index (χ0) is 15.9. The predicted molar refractivity (Wildman–Crippen MR) is 69.7 cm³/mol. The molecular formula is C10H11FN8O3. The minimum atomic E-state index is -2.21. The number of nitrogen functional groups attached to an aromatic ring is 1. The fraction of sp³-hybridized carbons (Fsp3) is 0.500. The van der Waals surface area contributed by atoms with Crippen LogP contribution in [0, 0.1) is 0 Å². The van der Waals surface area contributed by atoms with Crippen molar-refractivity contribution in [3.63, 3.8) is 0 Å². The van der Waals surface area contributed by atoms with Crippen LogP contribution in [0.3, 0.4) is 0 Å². The van der Waals surface area contributed by atoms with Gasteiger partial charge in [0, 0.05) is 4.91 Å². The maximum atomic E-state index is 14.3. The van der Waals surface area contributed by atoms with Crippen molar-refractivity contribution in [3.05, 3.63) is 23.1 Å². The zero-order valence-corrected chi connectivity index (χ0v) is 11.0. The Morgan fingerprint density at radius 3 is 3.00 bits per heavy atom. The number of nitrogens with zero attached hydrogens (tertiary/aromatic N) is 7. The smallest absolute Gasteiger partial charge is 0.206 e. The average Bonchev–Trinajstić information content (AvgIpc) is 3.04. The second-order valence-electron chi connectivity index (χ2n) is 4.68. The minimum Gasteiger partial charge on any atom is -0.393 e. The normalized spacial score (nSPS) is 31.3. The second kappa shape index (κ2) is 5.03. The van der Waals surface area contributed by atoms with Gasteiger partial charge in [0.2, 0.25) is 5.72 Å². The van der Waals surface area contributed by atoms with E-state index in [2.05, 4.69) is 25.0 Å². The molecule has 11 nitrogen and oxygen atoms in total. The van der Waals surface area contributed by atoms with Crippen LogP contribution in [0.1, 0.15) is 6.23 Å². The lowest BCUT2D eigenvalue weighted by Crippen LogP contribution is -2.41. The zero-order valence-electron chi connectivity index (χ0n) is 11.0. The summed E-state index contributed by atoms with van der Waals surface area (Å²) in [5.74, 6) is 0.108. The first-order valence-corrected chi connectivity index (χ1v) is 6.14. The quantitative estimate of drug-likeness (QED) is 0.395. The largest absolute Gasteiger partial charge is 0.393 e. The monoisotopic (exact) mass is 310 g/mol. The summed E-state index contributed by atoms with van der Waals surface area (Å²) >= 11 is 0. The highest BCUT2D eigenvalue weighted by Gasteiger charge is 2.56. The van der Waals surface area contributed by atoms with E-state index in [0.29, 0.717) is 0 Å². The van der Waals surface area contributed by atoms with Gasteiger partial charge in [0.1, 0.15) is 17.9 Å². The molecule has 1 fully saturated rings. The van der Waals surface area contributed by atoms with Gasteiger partial charge >= 0.3 is 0 Å². The van der Waals surface area contributed by atoms with Crippen molar-refractivity contribution >= 4 is 17.0 Å². The highest BCUT2D eigenvalue weighted by atomic mass is 19.1. The molecule has 0 amide bonds. The number of imidazole rings is 1. The summed E-state index contributed by atoms with van der Waals surface area (Å²) in [6.07, 6.45) is -2.72. The first-order chi connectivity index (χ1) is 10.5. The van der Waals surface area contributed by atoms with E-state index in [-0.39, 0.29) is 17.0 Å². The van der Waals surface area contributed by atoms with Gasteiger partial charge in [-0.15, -0.1) is 0 Å². The fourth-order valence-electron chi connectivity index (χ4n) is 2.34. The van der Waals surface area contributed by atoms with Gasteiger partial charge in [-0.2, -0.15) is 0 Å². The highest BCUT2D eigenvalue weighted by Crippen LogP contribution is 2.41. The van der Waals surface area contributed by atoms with E-state index in [0.717, 1.165) is 0 Å². The SMILES string of the molecule is [N-]=[N+]=N[C@]1(CO)O[C@@H](n2cnc3c(N)ncnc32)[C@H](O)[C@@H]1F. The Morgan fingerprint density at radius 2 is 2.32 bits per heavy atom. The molecule has 3 heterocycles. The standard InChI is InChI=1S/C10H11FN8O3/c11-6-5(21)9(22-10(6,1-20)17-18-13)19-3-16-4-7(12)14-2-15-8(4)19/h2-3,5-6,9,20-21H,1H2,(H2,12,14,15)/t5-,6+,9-,10-/m1/s1. The number of azide groups is 1. The summed E-state index contributed by atoms with van der Waals surface area (Å²) in [5, 5.41) is 22.5. The third-order valence-corrected chi connectivity index (χ3v) is 3.45. The molecule has 116 valence electrons. The van der Waals surface area contributed by atoms with E-state index in [1.165, 1.54) is 17.2 Å². The van der Waals surface area contributed by atoms with E-state index in [1.54, 1.807) is 0 Å². The molecule has 0 aromatic carbocycles. The molecule has 0 aliphatic carbocycles. The Bertz CT molecular complexity index is 762. The Labute approximate surface area is 121 Å². The summed E-state index contributed by atoms with van der Waals surface area (Å²) in [6, 6.07) is 0. The number of fused-ring (bicyclic) bond motifs is 1. The Hall–Kier alpha value is -2.53. The molecule has 1 aliphatic heterocycles. The molecule has 0 radical (unpaired) electrons. The van der Waals surface area contributed by atoms with Crippen molar-refractivity contribution in [1.29, 1.82) is 0 Å². The molecule has 1 aliphatic rings. The number of aliphatic hydroxyl groups is 2. The summed E-state index contributed by atoms with van der Waals surface area (Å²) in [7, 11) is 0. The van der Waals surface area contributed by atoms with Crippen molar-refractivity contribution in [2.45, 2.75) is 24.2 Å². The molecule has 0 unspecified atom stereocenters. The molecule has 0 bridgehead atoms. The van der Waals surface area contributed by atoms with Crippen LogP contribution in [0.4, 0.5) is 10.2 Å². The molecule has 2 aromatic heterocycles. The average molecular weight is 310 g/mol. The fourth-order valence-corrected chi connectivity index (χ4v) is 2.34. The van der Waals surface area contributed by atoms with Crippen LogP contribution in [0.25, 0.3) is 21.6 Å². The van der Waals surface area contributed by atoms with E-state index in [1.807, 2.05) is 0 Å². The molecule has 1 saturated heterocycles.